The van der Waals surface area contributed by atoms with E-state index in [1.165, 1.54) is 16.2 Å². The van der Waals surface area contributed by atoms with Gasteiger partial charge in [-0.15, -0.1) is 22.7 Å². The van der Waals surface area contributed by atoms with Gasteiger partial charge in [-0.05, 0) is 62.1 Å². The van der Waals surface area contributed by atoms with Crippen LogP contribution in [0.4, 0.5) is 0 Å². The molecule has 0 radical (unpaired) electrons. The van der Waals surface area contributed by atoms with E-state index in [9.17, 15) is 22.8 Å². The lowest BCUT2D eigenvalue weighted by Gasteiger charge is -2.35. The predicted molar refractivity (Wildman–Crippen MR) is 185 cm³/mol. The molecule has 4 aromatic rings. The monoisotopic (exact) mass is 714 g/mol. The first kappa shape index (κ1) is 32.3. The van der Waals surface area contributed by atoms with Crippen molar-refractivity contribution in [3.8, 4) is 9.75 Å². The fourth-order valence-electron chi connectivity index (χ4n) is 6.81. The van der Waals surface area contributed by atoms with Gasteiger partial charge in [0, 0.05) is 60.6 Å². The van der Waals surface area contributed by atoms with Gasteiger partial charge in [0.25, 0.3) is 10.0 Å². The number of imidazole rings is 1. The van der Waals surface area contributed by atoms with E-state index in [0.717, 1.165) is 70.2 Å². The van der Waals surface area contributed by atoms with Crippen molar-refractivity contribution in [2.75, 3.05) is 39.3 Å². The van der Waals surface area contributed by atoms with E-state index >= 15 is 0 Å². The number of nitrogens with one attached hydrogen (secondary N) is 2. The quantitative estimate of drug-likeness (QED) is 0.267. The number of hydrogen-bond acceptors (Lipinski definition) is 8. The number of H-pyrrole nitrogens is 1. The molecule has 2 fully saturated rings. The SMILES string of the molecule is O=C1C(NS(=O)(=O)c2ccc(-c3ccc(Cl)s3)s2)CCCN1CC(=O)N1CCCC1CN1CC=C(n2c(=O)[nH]c3ccccc32)CC1. The van der Waals surface area contributed by atoms with Crippen LogP contribution in [0.1, 0.15) is 32.1 Å². The number of nitrogens with zero attached hydrogens (tertiary/aromatic N) is 4. The van der Waals surface area contributed by atoms with Crippen LogP contribution in [0.15, 0.2) is 63.6 Å². The van der Waals surface area contributed by atoms with Gasteiger partial charge in [0.2, 0.25) is 11.8 Å². The fourth-order valence-corrected chi connectivity index (χ4v) is 10.5. The van der Waals surface area contributed by atoms with Crippen LogP contribution in [0.25, 0.3) is 26.5 Å². The summed E-state index contributed by atoms with van der Waals surface area (Å²) < 4.78 is 31.6. The van der Waals surface area contributed by atoms with Crippen molar-refractivity contribution in [3.05, 3.63) is 69.4 Å². The molecule has 15 heteroatoms. The van der Waals surface area contributed by atoms with Crippen molar-refractivity contribution in [2.45, 2.75) is 48.4 Å². The minimum Gasteiger partial charge on any atom is -0.337 e. The Balaban J connectivity index is 0.952. The maximum Gasteiger partial charge on any atom is 0.330 e. The summed E-state index contributed by atoms with van der Waals surface area (Å²) in [5.41, 5.74) is 2.52. The van der Waals surface area contributed by atoms with Crippen LogP contribution < -0.4 is 10.4 Å². The number of benzene rings is 1. The molecule has 2 unspecified atom stereocenters. The Hall–Kier alpha value is -3.27. The smallest absolute Gasteiger partial charge is 0.330 e. The number of halogens is 1. The molecule has 6 heterocycles. The molecule has 2 N–H and O–H groups in total. The third kappa shape index (κ3) is 6.72. The molecule has 248 valence electrons. The molecule has 11 nitrogen and oxygen atoms in total. The summed E-state index contributed by atoms with van der Waals surface area (Å²) in [6.07, 6.45) is 5.57. The highest BCUT2D eigenvalue weighted by atomic mass is 35.5. The first-order valence-electron chi connectivity index (χ1n) is 15.7. The first-order chi connectivity index (χ1) is 22.7. The molecule has 3 aromatic heterocycles. The van der Waals surface area contributed by atoms with Crippen molar-refractivity contribution in [1.29, 1.82) is 0 Å². The molecule has 2 amide bonds. The van der Waals surface area contributed by atoms with Crippen molar-refractivity contribution < 1.29 is 18.0 Å². The molecule has 1 aromatic carbocycles. The number of sulfonamides is 1. The molecule has 0 spiro atoms. The van der Waals surface area contributed by atoms with E-state index in [0.29, 0.717) is 36.8 Å². The van der Waals surface area contributed by atoms with Crippen molar-refractivity contribution in [1.82, 2.24) is 29.0 Å². The Labute approximate surface area is 285 Å². The number of aromatic nitrogens is 2. The Morgan fingerprint density at radius 1 is 0.979 bits per heavy atom. The maximum absolute atomic E-state index is 13.5. The van der Waals surface area contributed by atoms with E-state index < -0.39 is 16.1 Å². The Bertz CT molecular complexity index is 2010. The number of carbonyl (C=O) groups is 2. The summed E-state index contributed by atoms with van der Waals surface area (Å²) in [6.45, 7) is 3.15. The normalized spacial score (nSPS) is 21.1. The van der Waals surface area contributed by atoms with Crippen molar-refractivity contribution in [3.63, 3.8) is 0 Å². The number of para-hydroxylation sites is 2. The van der Waals surface area contributed by atoms with Crippen molar-refractivity contribution in [2.24, 2.45) is 0 Å². The van der Waals surface area contributed by atoms with Gasteiger partial charge in [0.15, 0.2) is 0 Å². The number of rotatable bonds is 9. The number of hydrogen-bond donors (Lipinski definition) is 2. The lowest BCUT2D eigenvalue weighted by atomic mass is 10.1. The molecule has 3 aliphatic rings. The second kappa shape index (κ2) is 13.3. The number of fused-ring (bicyclic) bond motifs is 1. The topological polar surface area (TPSA) is 128 Å². The third-order valence-electron chi connectivity index (χ3n) is 9.13. The second-order valence-electron chi connectivity index (χ2n) is 12.2. The zero-order valence-corrected chi connectivity index (χ0v) is 28.8. The summed E-state index contributed by atoms with van der Waals surface area (Å²) in [5.74, 6) is -0.479. The molecular weight excluding hydrogens is 680 g/mol. The minimum atomic E-state index is -3.93. The number of aromatic amines is 1. The molecule has 7 rings (SSSR count). The summed E-state index contributed by atoms with van der Waals surface area (Å²) in [6, 6.07) is 13.7. The largest absolute Gasteiger partial charge is 0.337 e. The summed E-state index contributed by atoms with van der Waals surface area (Å²) in [7, 11) is -3.93. The maximum atomic E-state index is 13.5. The van der Waals surface area contributed by atoms with Crippen LogP contribution >= 0.6 is 34.3 Å². The number of likely N-dealkylation sites (tertiary alicyclic amines) is 2. The van der Waals surface area contributed by atoms with Gasteiger partial charge in [-0.1, -0.05) is 29.8 Å². The Kier molecular flexibility index (Phi) is 9.15. The molecule has 2 atom stereocenters. The van der Waals surface area contributed by atoms with E-state index in [1.807, 2.05) is 35.2 Å². The van der Waals surface area contributed by atoms with Gasteiger partial charge >= 0.3 is 5.69 Å². The van der Waals surface area contributed by atoms with Gasteiger partial charge in [-0.2, -0.15) is 4.72 Å². The highest BCUT2D eigenvalue weighted by Crippen LogP contribution is 2.37. The average Bonchev–Trinajstić information content (AvgIpc) is 3.86. The van der Waals surface area contributed by atoms with Crippen LogP contribution in [0.3, 0.4) is 0 Å². The molecule has 3 aliphatic heterocycles. The fraction of sp³-hybridized carbons (Fsp3) is 0.406. The summed E-state index contributed by atoms with van der Waals surface area (Å²) in [4.78, 5) is 49.9. The van der Waals surface area contributed by atoms with Gasteiger partial charge in [0.05, 0.1) is 21.9 Å². The molecule has 2 saturated heterocycles. The van der Waals surface area contributed by atoms with E-state index in [1.54, 1.807) is 22.8 Å². The molecule has 0 bridgehead atoms. The van der Waals surface area contributed by atoms with Crippen LogP contribution in [0.5, 0.6) is 0 Å². The molecular formula is C32H35ClN6O5S3. The average molecular weight is 715 g/mol. The highest BCUT2D eigenvalue weighted by molar-refractivity contribution is 7.91. The Morgan fingerprint density at radius 2 is 1.77 bits per heavy atom. The van der Waals surface area contributed by atoms with Crippen LogP contribution in [0.2, 0.25) is 4.34 Å². The lowest BCUT2D eigenvalue weighted by Crippen LogP contribution is -2.55. The number of thiophene rings is 2. The standard InChI is InChI=1S/C32H35ClN6O5S3/c33-28-11-9-26(45-28)27-10-12-30(46-27)47(43,44)35-24-7-4-15-37(31(24)41)20-29(40)38-16-3-5-22(38)19-36-17-13-21(14-18-36)39-25-8-2-1-6-23(25)34-32(39)42/h1-2,6,8-13,22,24,35H,3-5,7,14-20H2,(H,34,42). The summed E-state index contributed by atoms with van der Waals surface area (Å²) in [5, 5.41) is 0. The van der Waals surface area contributed by atoms with Gasteiger partial charge in [0.1, 0.15) is 10.3 Å². The zero-order valence-electron chi connectivity index (χ0n) is 25.6. The van der Waals surface area contributed by atoms with Crippen LogP contribution in [-0.4, -0.2) is 95.8 Å². The minimum absolute atomic E-state index is 0.0358. The van der Waals surface area contributed by atoms with Crippen LogP contribution in [-0.2, 0) is 19.6 Å². The highest BCUT2D eigenvalue weighted by Gasteiger charge is 2.37. The predicted octanol–water partition coefficient (Wildman–Crippen LogP) is 4.28. The van der Waals surface area contributed by atoms with Gasteiger partial charge < -0.3 is 14.8 Å². The van der Waals surface area contributed by atoms with Crippen molar-refractivity contribution >= 4 is 72.8 Å². The molecule has 0 saturated carbocycles. The number of piperidine rings is 1. The number of carbonyl (C=O) groups excluding carboxylic acids is 2. The van der Waals surface area contributed by atoms with Crippen LogP contribution in [0, 0.1) is 0 Å². The first-order valence-corrected chi connectivity index (χ1v) is 19.2. The zero-order chi connectivity index (χ0) is 32.7. The second-order valence-corrected chi connectivity index (χ2v) is 16.9. The third-order valence-corrected chi connectivity index (χ3v) is 13.6. The number of amides is 2. The Morgan fingerprint density at radius 3 is 2.55 bits per heavy atom. The van der Waals surface area contributed by atoms with Gasteiger partial charge in [-0.25, -0.2) is 13.2 Å². The molecule has 47 heavy (non-hydrogen) atoms. The molecule has 0 aliphatic carbocycles. The summed E-state index contributed by atoms with van der Waals surface area (Å²) >= 11 is 8.55. The van der Waals surface area contributed by atoms with E-state index in [2.05, 4.69) is 20.7 Å². The van der Waals surface area contributed by atoms with E-state index in [4.69, 9.17) is 11.6 Å². The van der Waals surface area contributed by atoms with Gasteiger partial charge in [-0.3, -0.25) is 19.1 Å². The van der Waals surface area contributed by atoms with E-state index in [-0.39, 0.29) is 34.3 Å². The lowest BCUT2D eigenvalue weighted by molar-refractivity contribution is -0.143.